The zero-order valence-electron chi connectivity index (χ0n) is 12.1. The average molecular weight is 389 g/mol. The van der Waals surface area contributed by atoms with Gasteiger partial charge in [-0.1, -0.05) is 34.0 Å². The largest absolute Gasteiger partial charge is 0.481 e. The molecule has 120 valence electrons. The van der Waals surface area contributed by atoms with Crippen LogP contribution in [0.25, 0.3) is 0 Å². The van der Waals surface area contributed by atoms with Crippen molar-refractivity contribution in [3.05, 3.63) is 33.3 Å². The summed E-state index contributed by atoms with van der Waals surface area (Å²) < 4.78 is 0.967. The van der Waals surface area contributed by atoms with Gasteiger partial charge in [-0.25, -0.2) is 0 Å². The van der Waals surface area contributed by atoms with Crippen molar-refractivity contribution in [2.24, 2.45) is 11.8 Å². The van der Waals surface area contributed by atoms with Gasteiger partial charge in [-0.2, -0.15) is 0 Å². The van der Waals surface area contributed by atoms with Gasteiger partial charge in [0.2, 0.25) is 5.91 Å². The van der Waals surface area contributed by atoms with Crippen molar-refractivity contribution in [1.82, 2.24) is 5.32 Å². The molecule has 0 heterocycles. The molecule has 0 aromatic heterocycles. The van der Waals surface area contributed by atoms with Crippen LogP contribution in [0.2, 0.25) is 5.02 Å². The Bertz CT molecular complexity index is 564. The number of carbonyl (C=O) groups is 2. The summed E-state index contributed by atoms with van der Waals surface area (Å²) in [5.41, 5.74) is 1.04. The van der Waals surface area contributed by atoms with E-state index >= 15 is 0 Å². The topological polar surface area (TPSA) is 66.4 Å². The van der Waals surface area contributed by atoms with Crippen molar-refractivity contribution in [3.63, 3.8) is 0 Å². The lowest BCUT2D eigenvalue weighted by atomic mass is 9.81. The predicted octanol–water partition coefficient (Wildman–Crippen LogP) is 3.65. The van der Waals surface area contributed by atoms with Crippen molar-refractivity contribution in [3.8, 4) is 0 Å². The molecule has 0 spiro atoms. The Kier molecular flexibility index (Phi) is 6.26. The zero-order chi connectivity index (χ0) is 16.1. The van der Waals surface area contributed by atoms with Crippen LogP contribution in [0.4, 0.5) is 0 Å². The second-order valence-electron chi connectivity index (χ2n) is 5.68. The number of carboxylic acid groups (broad SMARTS) is 1. The minimum atomic E-state index is -0.791. The summed E-state index contributed by atoms with van der Waals surface area (Å²) in [6.07, 6.45) is 3.38. The Balaban J connectivity index is 1.82. The number of hydrogen-bond acceptors (Lipinski definition) is 2. The molecule has 1 aromatic rings. The number of amides is 1. The van der Waals surface area contributed by atoms with E-state index in [1.165, 1.54) is 0 Å². The highest BCUT2D eigenvalue weighted by atomic mass is 79.9. The smallest absolute Gasteiger partial charge is 0.306 e. The third-order valence-electron chi connectivity index (χ3n) is 4.10. The van der Waals surface area contributed by atoms with Crippen LogP contribution in [0.3, 0.4) is 0 Å². The number of benzene rings is 1. The molecule has 1 aromatic carbocycles. The Morgan fingerprint density at radius 1 is 1.32 bits per heavy atom. The highest BCUT2D eigenvalue weighted by molar-refractivity contribution is 9.10. The SMILES string of the molecule is O=C(O)C1CCCC(C(=O)NCCc2cc(Cl)ccc2Br)C1. The first kappa shape index (κ1) is 17.3. The van der Waals surface area contributed by atoms with Gasteiger partial charge < -0.3 is 10.4 Å². The number of halogens is 2. The second-order valence-corrected chi connectivity index (χ2v) is 6.97. The Morgan fingerprint density at radius 3 is 2.77 bits per heavy atom. The van der Waals surface area contributed by atoms with E-state index in [2.05, 4.69) is 21.2 Å². The summed E-state index contributed by atoms with van der Waals surface area (Å²) in [5, 5.41) is 12.6. The van der Waals surface area contributed by atoms with Crippen molar-refractivity contribution in [2.75, 3.05) is 6.54 Å². The van der Waals surface area contributed by atoms with Crippen molar-refractivity contribution in [2.45, 2.75) is 32.1 Å². The predicted molar refractivity (Wildman–Crippen MR) is 88.9 cm³/mol. The lowest BCUT2D eigenvalue weighted by Crippen LogP contribution is -2.36. The lowest BCUT2D eigenvalue weighted by Gasteiger charge is -2.25. The molecule has 1 aliphatic carbocycles. The molecule has 0 bridgehead atoms. The van der Waals surface area contributed by atoms with Gasteiger partial charge in [-0.05, 0) is 49.4 Å². The van der Waals surface area contributed by atoms with Crippen molar-refractivity contribution < 1.29 is 14.7 Å². The summed E-state index contributed by atoms with van der Waals surface area (Å²) in [6, 6.07) is 5.57. The van der Waals surface area contributed by atoms with Gasteiger partial charge in [-0.15, -0.1) is 0 Å². The van der Waals surface area contributed by atoms with E-state index in [9.17, 15) is 9.59 Å². The van der Waals surface area contributed by atoms with Gasteiger partial charge in [0.25, 0.3) is 0 Å². The van der Waals surface area contributed by atoms with E-state index in [0.717, 1.165) is 22.9 Å². The maximum absolute atomic E-state index is 12.2. The second kappa shape index (κ2) is 7.97. The molecule has 6 heteroatoms. The molecule has 1 aliphatic rings. The molecular weight excluding hydrogens is 370 g/mol. The molecule has 0 aliphatic heterocycles. The average Bonchev–Trinajstić information content (AvgIpc) is 2.50. The van der Waals surface area contributed by atoms with E-state index in [-0.39, 0.29) is 17.7 Å². The molecule has 2 atom stereocenters. The normalized spacial score (nSPS) is 21.4. The molecule has 4 nitrogen and oxygen atoms in total. The van der Waals surface area contributed by atoms with Crippen LogP contribution >= 0.6 is 27.5 Å². The molecule has 0 saturated heterocycles. The van der Waals surface area contributed by atoms with E-state index in [1.807, 2.05) is 18.2 Å². The number of hydrogen-bond donors (Lipinski definition) is 2. The lowest BCUT2D eigenvalue weighted by molar-refractivity contribution is -0.144. The van der Waals surface area contributed by atoms with E-state index in [0.29, 0.717) is 30.8 Å². The molecule has 22 heavy (non-hydrogen) atoms. The molecular formula is C16H19BrClNO3. The molecule has 2 N–H and O–H groups in total. The van der Waals surface area contributed by atoms with Crippen LogP contribution in [0.1, 0.15) is 31.2 Å². The third-order valence-corrected chi connectivity index (χ3v) is 5.10. The molecule has 1 amide bonds. The maximum atomic E-state index is 12.2. The van der Waals surface area contributed by atoms with Crippen LogP contribution in [0, 0.1) is 11.8 Å². The number of carbonyl (C=O) groups excluding carboxylic acids is 1. The number of rotatable bonds is 5. The van der Waals surface area contributed by atoms with Gasteiger partial charge in [0, 0.05) is 22.0 Å². The Morgan fingerprint density at radius 2 is 2.05 bits per heavy atom. The molecule has 0 radical (unpaired) electrons. The van der Waals surface area contributed by atoms with E-state index in [4.69, 9.17) is 16.7 Å². The maximum Gasteiger partial charge on any atom is 0.306 e. The minimum absolute atomic E-state index is 0.0379. The first-order valence-corrected chi connectivity index (χ1v) is 8.59. The first-order valence-electron chi connectivity index (χ1n) is 7.42. The highest BCUT2D eigenvalue weighted by Gasteiger charge is 2.30. The van der Waals surface area contributed by atoms with E-state index < -0.39 is 5.97 Å². The van der Waals surface area contributed by atoms with Crippen LogP contribution < -0.4 is 5.32 Å². The fourth-order valence-electron chi connectivity index (χ4n) is 2.85. The van der Waals surface area contributed by atoms with Crippen LogP contribution in [-0.2, 0) is 16.0 Å². The monoisotopic (exact) mass is 387 g/mol. The fraction of sp³-hybridized carbons (Fsp3) is 0.500. The molecule has 2 rings (SSSR count). The Labute approximate surface area is 143 Å². The highest BCUT2D eigenvalue weighted by Crippen LogP contribution is 2.29. The van der Waals surface area contributed by atoms with Crippen molar-refractivity contribution >= 4 is 39.4 Å². The molecule has 1 saturated carbocycles. The first-order chi connectivity index (χ1) is 10.5. The van der Waals surface area contributed by atoms with Gasteiger partial charge in [0.15, 0.2) is 0 Å². The van der Waals surface area contributed by atoms with Gasteiger partial charge in [0.05, 0.1) is 5.92 Å². The molecule has 2 unspecified atom stereocenters. The summed E-state index contributed by atoms with van der Waals surface area (Å²) in [4.78, 5) is 23.2. The van der Waals surface area contributed by atoms with Gasteiger partial charge in [0.1, 0.15) is 0 Å². The van der Waals surface area contributed by atoms with Crippen LogP contribution in [0.5, 0.6) is 0 Å². The standard InChI is InChI=1S/C16H19BrClNO3/c17-14-5-4-13(18)9-10(14)6-7-19-15(20)11-2-1-3-12(8-11)16(21)22/h4-5,9,11-12H,1-3,6-8H2,(H,19,20)(H,21,22). The van der Waals surface area contributed by atoms with Crippen LogP contribution in [-0.4, -0.2) is 23.5 Å². The van der Waals surface area contributed by atoms with Crippen molar-refractivity contribution in [1.29, 1.82) is 0 Å². The quantitative estimate of drug-likeness (QED) is 0.809. The Hall–Kier alpha value is -1.07. The number of carboxylic acids is 1. The summed E-state index contributed by atoms with van der Waals surface area (Å²) >= 11 is 9.42. The number of nitrogens with one attached hydrogen (secondary N) is 1. The van der Waals surface area contributed by atoms with E-state index in [1.54, 1.807) is 0 Å². The third kappa shape index (κ3) is 4.71. The van der Waals surface area contributed by atoms with Gasteiger partial charge >= 0.3 is 5.97 Å². The molecule has 1 fully saturated rings. The number of aliphatic carboxylic acids is 1. The summed E-state index contributed by atoms with van der Waals surface area (Å²) in [6.45, 7) is 0.520. The summed E-state index contributed by atoms with van der Waals surface area (Å²) in [7, 11) is 0. The summed E-state index contributed by atoms with van der Waals surface area (Å²) in [5.74, 6) is -1.39. The fourth-order valence-corrected chi connectivity index (χ4v) is 3.49. The van der Waals surface area contributed by atoms with Gasteiger partial charge in [-0.3, -0.25) is 9.59 Å². The van der Waals surface area contributed by atoms with Crippen LogP contribution in [0.15, 0.2) is 22.7 Å². The minimum Gasteiger partial charge on any atom is -0.481 e. The zero-order valence-corrected chi connectivity index (χ0v) is 14.5.